The number of amides is 2. The van der Waals surface area contributed by atoms with E-state index in [4.69, 9.17) is 14.6 Å². The van der Waals surface area contributed by atoms with Gasteiger partial charge in [-0.05, 0) is 18.1 Å². The van der Waals surface area contributed by atoms with Gasteiger partial charge in [-0.25, -0.2) is 0 Å². The predicted molar refractivity (Wildman–Crippen MR) is 90.0 cm³/mol. The summed E-state index contributed by atoms with van der Waals surface area (Å²) >= 11 is 0. The van der Waals surface area contributed by atoms with Gasteiger partial charge in [0, 0.05) is 31.7 Å². The molecule has 7 nitrogen and oxygen atoms in total. The molecule has 0 unspecified atom stereocenters. The molecule has 2 atom stereocenters. The van der Waals surface area contributed by atoms with E-state index in [2.05, 4.69) is 5.32 Å². The van der Waals surface area contributed by atoms with Crippen molar-refractivity contribution in [3.8, 4) is 0 Å². The average molecular weight is 348 g/mol. The minimum Gasteiger partial charge on any atom is -0.394 e. The normalized spacial score (nSPS) is 22.8. The van der Waals surface area contributed by atoms with Crippen molar-refractivity contribution in [1.29, 1.82) is 0 Å². The predicted octanol–water partition coefficient (Wildman–Crippen LogP) is 0.315. The summed E-state index contributed by atoms with van der Waals surface area (Å²) in [4.78, 5) is 26.3. The molecule has 136 valence electrons. The number of ether oxygens (including phenoxy) is 2. The highest BCUT2D eigenvalue weighted by Crippen LogP contribution is 2.22. The number of carbonyl (C=O) groups excluding carboxylic acids is 2. The molecule has 1 aromatic carbocycles. The van der Waals surface area contributed by atoms with Crippen LogP contribution in [-0.4, -0.2) is 66.9 Å². The Balaban J connectivity index is 1.47. The minimum atomic E-state index is -0.223. The summed E-state index contributed by atoms with van der Waals surface area (Å²) in [5, 5.41) is 11.8. The lowest BCUT2D eigenvalue weighted by molar-refractivity contribution is -0.126. The van der Waals surface area contributed by atoms with Crippen LogP contribution in [0.25, 0.3) is 0 Å². The summed E-state index contributed by atoms with van der Waals surface area (Å²) in [6.07, 6.45) is 0.774. The fraction of sp³-hybridized carbons (Fsp3) is 0.556. The summed E-state index contributed by atoms with van der Waals surface area (Å²) in [5.74, 6) is -0.148. The topological polar surface area (TPSA) is 88.1 Å². The summed E-state index contributed by atoms with van der Waals surface area (Å²) in [6, 6.07) is 7.30. The Morgan fingerprint density at radius 3 is 3.04 bits per heavy atom. The molecule has 1 saturated heterocycles. The van der Waals surface area contributed by atoms with Crippen molar-refractivity contribution in [2.24, 2.45) is 0 Å². The first-order chi connectivity index (χ1) is 12.2. The molecule has 1 fully saturated rings. The van der Waals surface area contributed by atoms with E-state index in [1.807, 2.05) is 24.3 Å². The number of aliphatic hydroxyl groups is 1. The van der Waals surface area contributed by atoms with Crippen LogP contribution < -0.4 is 5.32 Å². The highest BCUT2D eigenvalue weighted by molar-refractivity contribution is 5.98. The second-order valence-electron chi connectivity index (χ2n) is 6.30. The molecule has 0 saturated carbocycles. The molecule has 3 rings (SSSR count). The third kappa shape index (κ3) is 4.36. The Bertz CT molecular complexity index is 621. The van der Waals surface area contributed by atoms with Crippen molar-refractivity contribution in [3.63, 3.8) is 0 Å². The molecular formula is C18H24N2O5. The third-order valence-corrected chi connectivity index (χ3v) is 4.57. The molecule has 2 aliphatic rings. The van der Waals surface area contributed by atoms with Crippen LogP contribution >= 0.6 is 0 Å². The lowest BCUT2D eigenvalue weighted by Crippen LogP contribution is -2.51. The molecule has 2 aliphatic heterocycles. The molecule has 1 aromatic rings. The van der Waals surface area contributed by atoms with Crippen LogP contribution in [0.4, 0.5) is 0 Å². The van der Waals surface area contributed by atoms with Crippen LogP contribution in [0, 0.1) is 0 Å². The Kier molecular flexibility index (Phi) is 6.01. The molecule has 0 aliphatic carbocycles. The van der Waals surface area contributed by atoms with Gasteiger partial charge in [0.15, 0.2) is 0 Å². The zero-order valence-electron chi connectivity index (χ0n) is 14.1. The number of hydrogen-bond donors (Lipinski definition) is 2. The maximum Gasteiger partial charge on any atom is 0.254 e. The third-order valence-electron chi connectivity index (χ3n) is 4.57. The van der Waals surface area contributed by atoms with Gasteiger partial charge in [-0.1, -0.05) is 18.2 Å². The molecule has 25 heavy (non-hydrogen) atoms. The lowest BCUT2D eigenvalue weighted by Gasteiger charge is -2.32. The number of fused-ring (bicyclic) bond motifs is 1. The van der Waals surface area contributed by atoms with Crippen molar-refractivity contribution < 1.29 is 24.2 Å². The highest BCUT2D eigenvalue weighted by atomic mass is 16.5. The number of aliphatic hydroxyl groups excluding tert-OH is 1. The van der Waals surface area contributed by atoms with Crippen LogP contribution in [0.5, 0.6) is 0 Å². The van der Waals surface area contributed by atoms with Gasteiger partial charge in [-0.3, -0.25) is 9.59 Å². The lowest BCUT2D eigenvalue weighted by atomic mass is 10.1. The van der Waals surface area contributed by atoms with E-state index >= 15 is 0 Å². The van der Waals surface area contributed by atoms with Crippen molar-refractivity contribution in [1.82, 2.24) is 10.2 Å². The van der Waals surface area contributed by atoms with E-state index in [1.165, 1.54) is 0 Å². The number of carbonyl (C=O) groups is 2. The van der Waals surface area contributed by atoms with Gasteiger partial charge in [0.25, 0.3) is 5.91 Å². The standard InChI is InChI=1S/C18H24N2O5/c21-8-10-25-16-6-9-24-12-15(16)19-17(22)5-7-20-11-13-3-1-2-4-14(13)18(20)23/h1-4,15-16,21H,5-12H2,(H,19,22)/t15-,16+/m0/s1. The molecule has 2 amide bonds. The van der Waals surface area contributed by atoms with Gasteiger partial charge in [-0.15, -0.1) is 0 Å². The van der Waals surface area contributed by atoms with Crippen molar-refractivity contribution in [2.45, 2.75) is 31.5 Å². The zero-order valence-corrected chi connectivity index (χ0v) is 14.1. The molecule has 0 spiro atoms. The molecule has 7 heteroatoms. The fourth-order valence-corrected chi connectivity index (χ4v) is 3.27. The Morgan fingerprint density at radius 2 is 2.24 bits per heavy atom. The molecule has 0 aromatic heterocycles. The monoisotopic (exact) mass is 348 g/mol. The molecule has 2 N–H and O–H groups in total. The molecule has 0 radical (unpaired) electrons. The van der Waals surface area contributed by atoms with E-state index in [-0.39, 0.29) is 43.6 Å². The van der Waals surface area contributed by atoms with Gasteiger partial charge in [0.2, 0.25) is 5.91 Å². The Morgan fingerprint density at radius 1 is 1.40 bits per heavy atom. The van der Waals surface area contributed by atoms with Crippen molar-refractivity contribution in [3.05, 3.63) is 35.4 Å². The number of rotatable bonds is 7. The van der Waals surface area contributed by atoms with Gasteiger partial charge >= 0.3 is 0 Å². The molecule has 0 bridgehead atoms. The van der Waals surface area contributed by atoms with E-state index in [0.717, 1.165) is 11.1 Å². The second kappa shape index (κ2) is 8.42. The van der Waals surface area contributed by atoms with Gasteiger partial charge in [-0.2, -0.15) is 0 Å². The fourth-order valence-electron chi connectivity index (χ4n) is 3.27. The van der Waals surface area contributed by atoms with Crippen molar-refractivity contribution in [2.75, 3.05) is 33.0 Å². The van der Waals surface area contributed by atoms with Crippen LogP contribution in [0.2, 0.25) is 0 Å². The maximum absolute atomic E-state index is 12.3. The SMILES string of the molecule is O=C(CCN1Cc2ccccc2C1=O)N[C@H]1COCC[C@H]1OCCO. The first-order valence-electron chi connectivity index (χ1n) is 8.66. The van der Waals surface area contributed by atoms with E-state index in [0.29, 0.717) is 32.7 Å². The van der Waals surface area contributed by atoms with Gasteiger partial charge in [0.05, 0.1) is 32.0 Å². The summed E-state index contributed by atoms with van der Waals surface area (Å²) < 4.78 is 11.0. The van der Waals surface area contributed by atoms with Crippen LogP contribution in [-0.2, 0) is 20.8 Å². The summed E-state index contributed by atoms with van der Waals surface area (Å²) in [5.41, 5.74) is 1.73. The van der Waals surface area contributed by atoms with E-state index < -0.39 is 0 Å². The molecular weight excluding hydrogens is 324 g/mol. The Labute approximate surface area is 146 Å². The Hall–Kier alpha value is -1.96. The van der Waals surface area contributed by atoms with Crippen LogP contribution in [0.1, 0.15) is 28.8 Å². The summed E-state index contributed by atoms with van der Waals surface area (Å²) in [6.45, 7) is 2.12. The number of benzene rings is 1. The number of hydrogen-bond acceptors (Lipinski definition) is 5. The minimum absolute atomic E-state index is 0.0199. The van der Waals surface area contributed by atoms with Crippen molar-refractivity contribution >= 4 is 11.8 Å². The smallest absolute Gasteiger partial charge is 0.254 e. The van der Waals surface area contributed by atoms with Gasteiger partial charge < -0.3 is 24.8 Å². The highest BCUT2D eigenvalue weighted by Gasteiger charge is 2.29. The van der Waals surface area contributed by atoms with Crippen LogP contribution in [0.15, 0.2) is 24.3 Å². The zero-order chi connectivity index (χ0) is 17.6. The summed E-state index contributed by atoms with van der Waals surface area (Å²) in [7, 11) is 0. The molecule has 2 heterocycles. The maximum atomic E-state index is 12.3. The first kappa shape index (κ1) is 17.8. The van der Waals surface area contributed by atoms with Gasteiger partial charge in [0.1, 0.15) is 0 Å². The quantitative estimate of drug-likeness (QED) is 0.741. The van der Waals surface area contributed by atoms with Crippen LogP contribution in [0.3, 0.4) is 0 Å². The first-order valence-corrected chi connectivity index (χ1v) is 8.66. The largest absolute Gasteiger partial charge is 0.394 e. The number of nitrogens with zero attached hydrogens (tertiary/aromatic N) is 1. The average Bonchev–Trinajstić information content (AvgIpc) is 2.95. The number of nitrogens with one attached hydrogen (secondary N) is 1. The van der Waals surface area contributed by atoms with E-state index in [9.17, 15) is 9.59 Å². The second-order valence-corrected chi connectivity index (χ2v) is 6.30. The van der Waals surface area contributed by atoms with E-state index in [1.54, 1.807) is 4.90 Å².